The van der Waals surface area contributed by atoms with Crippen LogP contribution in [0.4, 0.5) is 4.39 Å². The molecule has 0 amide bonds. The van der Waals surface area contributed by atoms with Crippen LogP contribution in [-0.2, 0) is 12.8 Å². The minimum atomic E-state index is -0.581. The van der Waals surface area contributed by atoms with Crippen molar-refractivity contribution in [3.63, 3.8) is 0 Å². The van der Waals surface area contributed by atoms with Crippen LogP contribution in [-0.4, -0.2) is 23.3 Å². The van der Waals surface area contributed by atoms with Crippen LogP contribution in [0.3, 0.4) is 0 Å². The molecule has 0 aliphatic carbocycles. The summed E-state index contributed by atoms with van der Waals surface area (Å²) in [6, 6.07) is 10.3. The number of ether oxygens (including phenoxy) is 1. The lowest BCUT2D eigenvalue weighted by Crippen LogP contribution is -2.14. The van der Waals surface area contributed by atoms with Crippen molar-refractivity contribution >= 4 is 0 Å². The zero-order chi connectivity index (χ0) is 13.7. The maximum atomic E-state index is 13.5. The lowest BCUT2D eigenvalue weighted by Gasteiger charge is -2.11. The molecule has 0 saturated carbocycles. The fraction of sp³-hybridized carbons (Fsp3) is 0.267. The number of aliphatic hydroxyl groups excluding tert-OH is 1. The Balaban J connectivity index is 1.99. The zero-order valence-corrected chi connectivity index (χ0v) is 10.7. The molecule has 1 N–H and O–H groups in total. The Morgan fingerprint density at radius 1 is 1.26 bits per heavy atom. The predicted molar refractivity (Wildman–Crippen MR) is 70.6 cm³/mol. The van der Waals surface area contributed by atoms with E-state index in [1.54, 1.807) is 18.3 Å². The summed E-state index contributed by atoms with van der Waals surface area (Å²) in [5.74, 6) is -0.201. The van der Waals surface area contributed by atoms with Gasteiger partial charge in [-0.25, -0.2) is 4.39 Å². The van der Waals surface area contributed by atoms with Crippen LogP contribution in [0, 0.1) is 5.82 Å². The Morgan fingerprint density at radius 3 is 2.74 bits per heavy atom. The van der Waals surface area contributed by atoms with Crippen molar-refractivity contribution in [2.75, 3.05) is 7.11 Å². The number of hydrogen-bond donors (Lipinski definition) is 1. The molecular weight excluding hydrogens is 245 g/mol. The number of benzene rings is 1. The minimum absolute atomic E-state index is 0.211. The summed E-state index contributed by atoms with van der Waals surface area (Å²) in [7, 11) is 1.42. The zero-order valence-electron chi connectivity index (χ0n) is 10.7. The van der Waals surface area contributed by atoms with E-state index in [4.69, 9.17) is 4.74 Å². The molecule has 0 bridgehead atoms. The molecule has 1 unspecified atom stereocenters. The fourth-order valence-corrected chi connectivity index (χ4v) is 1.94. The molecule has 1 atom stereocenters. The average molecular weight is 261 g/mol. The molecule has 0 radical (unpaired) electrons. The van der Waals surface area contributed by atoms with Gasteiger partial charge in [-0.15, -0.1) is 0 Å². The molecule has 2 rings (SSSR count). The van der Waals surface area contributed by atoms with Crippen molar-refractivity contribution in [2.45, 2.75) is 18.9 Å². The van der Waals surface area contributed by atoms with Crippen LogP contribution in [0.2, 0.25) is 0 Å². The largest absolute Gasteiger partial charge is 0.494 e. The second kappa shape index (κ2) is 6.29. The third-order valence-electron chi connectivity index (χ3n) is 2.86. The molecule has 0 aliphatic rings. The number of nitrogens with zero attached hydrogens (tertiary/aromatic N) is 1. The highest BCUT2D eigenvalue weighted by Gasteiger charge is 2.10. The Hall–Kier alpha value is -1.94. The minimum Gasteiger partial charge on any atom is -0.494 e. The molecule has 2 aromatic rings. The van der Waals surface area contributed by atoms with E-state index >= 15 is 0 Å². The maximum absolute atomic E-state index is 13.5. The van der Waals surface area contributed by atoms with Gasteiger partial charge >= 0.3 is 0 Å². The van der Waals surface area contributed by atoms with Gasteiger partial charge in [0.05, 0.1) is 13.2 Å². The summed E-state index contributed by atoms with van der Waals surface area (Å²) >= 11 is 0. The highest BCUT2D eigenvalue weighted by Crippen LogP contribution is 2.19. The first-order valence-corrected chi connectivity index (χ1v) is 6.09. The molecule has 4 heteroatoms. The first-order valence-electron chi connectivity index (χ1n) is 6.09. The summed E-state index contributed by atoms with van der Waals surface area (Å²) in [5.41, 5.74) is 1.56. The van der Waals surface area contributed by atoms with Gasteiger partial charge in [-0.1, -0.05) is 12.1 Å². The second-order valence-electron chi connectivity index (χ2n) is 4.35. The van der Waals surface area contributed by atoms with Gasteiger partial charge in [0.1, 0.15) is 0 Å². The first kappa shape index (κ1) is 13.5. The topological polar surface area (TPSA) is 42.4 Å². The van der Waals surface area contributed by atoms with Gasteiger partial charge in [0.2, 0.25) is 0 Å². The van der Waals surface area contributed by atoms with Crippen molar-refractivity contribution in [1.82, 2.24) is 4.98 Å². The second-order valence-corrected chi connectivity index (χ2v) is 4.35. The highest BCUT2D eigenvalue weighted by molar-refractivity contribution is 5.29. The van der Waals surface area contributed by atoms with Crippen molar-refractivity contribution in [3.8, 4) is 5.75 Å². The molecule has 0 fully saturated rings. The molecule has 1 heterocycles. The Labute approximate surface area is 111 Å². The molecule has 1 aromatic carbocycles. The molecule has 1 aromatic heterocycles. The number of hydrogen-bond acceptors (Lipinski definition) is 3. The Bertz CT molecular complexity index is 531. The van der Waals surface area contributed by atoms with E-state index in [1.807, 2.05) is 18.2 Å². The number of rotatable bonds is 5. The van der Waals surface area contributed by atoms with Crippen LogP contribution in [0.5, 0.6) is 5.75 Å². The normalized spacial score (nSPS) is 12.2. The van der Waals surface area contributed by atoms with E-state index in [9.17, 15) is 9.50 Å². The Morgan fingerprint density at radius 2 is 2.11 bits per heavy atom. The maximum Gasteiger partial charge on any atom is 0.165 e. The highest BCUT2D eigenvalue weighted by atomic mass is 19.1. The molecule has 100 valence electrons. The molecule has 19 heavy (non-hydrogen) atoms. The molecular formula is C15H16FNO2. The van der Waals surface area contributed by atoms with Gasteiger partial charge in [0.15, 0.2) is 11.6 Å². The number of methoxy groups -OCH3 is 1. The first-order chi connectivity index (χ1) is 9.19. The lowest BCUT2D eigenvalue weighted by molar-refractivity contribution is 0.174. The van der Waals surface area contributed by atoms with E-state index in [1.165, 1.54) is 13.2 Å². The van der Waals surface area contributed by atoms with Crippen LogP contribution >= 0.6 is 0 Å². The van der Waals surface area contributed by atoms with Gasteiger partial charge in [0, 0.05) is 18.3 Å². The van der Waals surface area contributed by atoms with Crippen LogP contribution in [0.1, 0.15) is 11.3 Å². The lowest BCUT2D eigenvalue weighted by atomic mass is 10.0. The smallest absolute Gasteiger partial charge is 0.165 e. The van der Waals surface area contributed by atoms with E-state index < -0.39 is 11.9 Å². The fourth-order valence-electron chi connectivity index (χ4n) is 1.94. The standard InChI is InChI=1S/C15H16FNO2/c1-19-15-6-5-11(9-14(15)16)8-13(18)10-12-4-2-3-7-17-12/h2-7,9,13,18H,8,10H2,1H3. The van der Waals surface area contributed by atoms with Crippen LogP contribution < -0.4 is 4.74 Å². The third kappa shape index (κ3) is 3.76. The number of aromatic nitrogens is 1. The average Bonchev–Trinajstić information content (AvgIpc) is 2.40. The SMILES string of the molecule is COc1ccc(CC(O)Cc2ccccn2)cc1F. The summed E-state index contributed by atoms with van der Waals surface area (Å²) in [6.07, 6.45) is 1.95. The van der Waals surface area contributed by atoms with E-state index in [0.29, 0.717) is 12.8 Å². The monoisotopic (exact) mass is 261 g/mol. The van der Waals surface area contributed by atoms with Crippen molar-refractivity contribution < 1.29 is 14.2 Å². The van der Waals surface area contributed by atoms with Crippen molar-refractivity contribution in [1.29, 1.82) is 0 Å². The summed E-state index contributed by atoms with van der Waals surface area (Å²) in [4.78, 5) is 4.15. The molecule has 0 saturated heterocycles. The predicted octanol–water partition coefficient (Wildman–Crippen LogP) is 2.38. The van der Waals surface area contributed by atoms with E-state index in [2.05, 4.69) is 4.98 Å². The summed E-state index contributed by atoms with van der Waals surface area (Å²) in [5, 5.41) is 9.98. The van der Waals surface area contributed by atoms with Gasteiger partial charge in [-0.05, 0) is 36.2 Å². The van der Waals surface area contributed by atoms with Gasteiger partial charge in [0.25, 0.3) is 0 Å². The summed E-state index contributed by atoms with van der Waals surface area (Å²) in [6.45, 7) is 0. The van der Waals surface area contributed by atoms with Gasteiger partial charge in [-0.2, -0.15) is 0 Å². The van der Waals surface area contributed by atoms with Crippen molar-refractivity contribution in [3.05, 3.63) is 59.7 Å². The molecule has 0 aliphatic heterocycles. The van der Waals surface area contributed by atoms with Gasteiger partial charge < -0.3 is 9.84 Å². The number of pyridine rings is 1. The number of halogens is 1. The third-order valence-corrected chi connectivity index (χ3v) is 2.86. The van der Waals surface area contributed by atoms with E-state index in [0.717, 1.165) is 11.3 Å². The van der Waals surface area contributed by atoms with Crippen LogP contribution in [0.15, 0.2) is 42.6 Å². The Kier molecular flexibility index (Phi) is 4.47. The number of aliphatic hydroxyl groups is 1. The molecule has 0 spiro atoms. The molecule has 3 nitrogen and oxygen atoms in total. The van der Waals surface area contributed by atoms with Crippen LogP contribution in [0.25, 0.3) is 0 Å². The van der Waals surface area contributed by atoms with E-state index in [-0.39, 0.29) is 5.75 Å². The summed E-state index contributed by atoms with van der Waals surface area (Å²) < 4.78 is 18.4. The van der Waals surface area contributed by atoms with Crippen molar-refractivity contribution in [2.24, 2.45) is 0 Å². The van der Waals surface area contributed by atoms with Gasteiger partial charge in [-0.3, -0.25) is 4.98 Å². The quantitative estimate of drug-likeness (QED) is 0.898.